The highest BCUT2D eigenvalue weighted by Gasteiger charge is 2.09. The van der Waals surface area contributed by atoms with E-state index < -0.39 is 0 Å². The fourth-order valence-electron chi connectivity index (χ4n) is 1.71. The van der Waals surface area contributed by atoms with Gasteiger partial charge in [0.1, 0.15) is 11.5 Å². The molecule has 0 aliphatic carbocycles. The van der Waals surface area contributed by atoms with Gasteiger partial charge in [0.05, 0.1) is 0 Å². The molecule has 0 saturated heterocycles. The molecule has 6 heteroatoms. The van der Waals surface area contributed by atoms with Crippen LogP contribution in [0, 0.1) is 6.92 Å². The zero-order valence-corrected chi connectivity index (χ0v) is 12.8. The molecule has 3 aromatic heterocycles. The molecular formula is C15H12N2O2S2. The van der Waals surface area contributed by atoms with Gasteiger partial charge >= 0.3 is 0 Å². The number of carbonyl (C=O) groups excluding carboxylic acids is 1. The minimum Gasteiger partial charge on any atom is -0.460 e. The van der Waals surface area contributed by atoms with E-state index in [1.807, 2.05) is 41.9 Å². The fourth-order valence-corrected chi connectivity index (χ4v) is 3.03. The maximum Gasteiger partial charge on any atom is 0.250 e. The number of nitrogens with zero attached hydrogens (tertiary/aromatic N) is 1. The van der Waals surface area contributed by atoms with Crippen LogP contribution in [-0.2, 0) is 4.79 Å². The van der Waals surface area contributed by atoms with Gasteiger partial charge in [0.25, 0.3) is 0 Å². The zero-order chi connectivity index (χ0) is 14.7. The van der Waals surface area contributed by atoms with Crippen molar-refractivity contribution in [1.29, 1.82) is 0 Å². The first-order chi connectivity index (χ1) is 10.2. The van der Waals surface area contributed by atoms with E-state index in [-0.39, 0.29) is 5.91 Å². The molecule has 0 aromatic carbocycles. The van der Waals surface area contributed by atoms with Crippen LogP contribution in [-0.4, -0.2) is 10.9 Å². The van der Waals surface area contributed by atoms with Gasteiger partial charge in [0, 0.05) is 16.3 Å². The molecule has 0 unspecified atom stereocenters. The molecule has 106 valence electrons. The molecule has 0 aliphatic rings. The SMILES string of the molecule is Cc1ccc(-c2csc(NC(=O)/C=C/c3cccs3)n2)o1. The Morgan fingerprint density at radius 3 is 2.95 bits per heavy atom. The van der Waals surface area contributed by atoms with E-state index in [1.165, 1.54) is 17.4 Å². The highest BCUT2D eigenvalue weighted by Crippen LogP contribution is 2.26. The maximum absolute atomic E-state index is 11.8. The number of aryl methyl sites for hydroxylation is 1. The first-order valence-electron chi connectivity index (χ1n) is 6.25. The Balaban J connectivity index is 1.65. The Labute approximate surface area is 129 Å². The Morgan fingerprint density at radius 1 is 1.33 bits per heavy atom. The number of aromatic nitrogens is 1. The lowest BCUT2D eigenvalue weighted by molar-refractivity contribution is -0.111. The van der Waals surface area contributed by atoms with Gasteiger partial charge in [-0.1, -0.05) is 6.07 Å². The molecule has 0 aliphatic heterocycles. The summed E-state index contributed by atoms with van der Waals surface area (Å²) in [5.41, 5.74) is 0.727. The van der Waals surface area contributed by atoms with Gasteiger partial charge in [-0.3, -0.25) is 10.1 Å². The summed E-state index contributed by atoms with van der Waals surface area (Å²) < 4.78 is 5.50. The zero-order valence-electron chi connectivity index (χ0n) is 11.2. The van der Waals surface area contributed by atoms with Crippen LogP contribution in [0.25, 0.3) is 17.5 Å². The molecule has 3 rings (SSSR count). The lowest BCUT2D eigenvalue weighted by Crippen LogP contribution is -2.07. The number of anilines is 1. The molecular weight excluding hydrogens is 304 g/mol. The van der Waals surface area contributed by atoms with E-state index in [2.05, 4.69) is 10.3 Å². The minimum absolute atomic E-state index is 0.195. The standard InChI is InChI=1S/C15H12N2O2S2/c1-10-4-6-13(19-10)12-9-21-15(16-12)17-14(18)7-5-11-3-2-8-20-11/h2-9H,1H3,(H,16,17,18)/b7-5+. The molecule has 0 bridgehead atoms. The van der Waals surface area contributed by atoms with Crippen molar-refractivity contribution in [2.45, 2.75) is 6.92 Å². The first-order valence-corrected chi connectivity index (χ1v) is 8.01. The topological polar surface area (TPSA) is 55.1 Å². The number of furan rings is 1. The van der Waals surface area contributed by atoms with E-state index in [0.717, 1.165) is 16.3 Å². The van der Waals surface area contributed by atoms with Crippen molar-refractivity contribution >= 4 is 39.8 Å². The van der Waals surface area contributed by atoms with Crippen molar-refractivity contribution in [2.75, 3.05) is 5.32 Å². The molecule has 4 nitrogen and oxygen atoms in total. The van der Waals surface area contributed by atoms with Crippen LogP contribution in [0.3, 0.4) is 0 Å². The number of amides is 1. The third-order valence-electron chi connectivity index (χ3n) is 2.67. The minimum atomic E-state index is -0.195. The average molecular weight is 316 g/mol. The van der Waals surface area contributed by atoms with Gasteiger partial charge in [0.2, 0.25) is 5.91 Å². The molecule has 1 amide bonds. The summed E-state index contributed by atoms with van der Waals surface area (Å²) in [7, 11) is 0. The lowest BCUT2D eigenvalue weighted by atomic mass is 10.4. The average Bonchev–Trinajstić information content (AvgIpc) is 3.17. The predicted octanol–water partition coefficient (Wildman–Crippen LogP) is 4.42. The van der Waals surface area contributed by atoms with Crippen molar-refractivity contribution in [2.24, 2.45) is 0 Å². The second kappa shape index (κ2) is 6.07. The van der Waals surface area contributed by atoms with Crippen molar-refractivity contribution in [3.05, 3.63) is 51.7 Å². The van der Waals surface area contributed by atoms with Gasteiger partial charge in [-0.15, -0.1) is 22.7 Å². The largest absolute Gasteiger partial charge is 0.460 e. The van der Waals surface area contributed by atoms with Crippen LogP contribution < -0.4 is 5.32 Å². The molecule has 0 spiro atoms. The van der Waals surface area contributed by atoms with Crippen LogP contribution in [0.5, 0.6) is 0 Å². The second-order valence-electron chi connectivity index (χ2n) is 4.29. The van der Waals surface area contributed by atoms with Gasteiger partial charge in [-0.25, -0.2) is 4.98 Å². The third-order valence-corrected chi connectivity index (χ3v) is 4.26. The lowest BCUT2D eigenvalue weighted by Gasteiger charge is -1.95. The number of thiazole rings is 1. The highest BCUT2D eigenvalue weighted by atomic mass is 32.1. The quantitative estimate of drug-likeness (QED) is 0.725. The number of hydrogen-bond acceptors (Lipinski definition) is 5. The first kappa shape index (κ1) is 13.8. The highest BCUT2D eigenvalue weighted by molar-refractivity contribution is 7.14. The van der Waals surface area contributed by atoms with E-state index in [0.29, 0.717) is 10.9 Å². The molecule has 0 atom stereocenters. The maximum atomic E-state index is 11.8. The van der Waals surface area contributed by atoms with Crippen LogP contribution >= 0.6 is 22.7 Å². The summed E-state index contributed by atoms with van der Waals surface area (Å²) in [5.74, 6) is 1.35. The summed E-state index contributed by atoms with van der Waals surface area (Å²) in [6.07, 6.45) is 3.29. The molecule has 0 radical (unpaired) electrons. The van der Waals surface area contributed by atoms with Crippen LogP contribution in [0.2, 0.25) is 0 Å². The van der Waals surface area contributed by atoms with Crippen LogP contribution in [0.1, 0.15) is 10.6 Å². The van der Waals surface area contributed by atoms with Gasteiger partial charge in [0.15, 0.2) is 10.9 Å². The summed E-state index contributed by atoms with van der Waals surface area (Å²) in [4.78, 5) is 17.2. The summed E-state index contributed by atoms with van der Waals surface area (Å²) >= 11 is 2.95. The molecule has 0 saturated carbocycles. The number of thiophene rings is 1. The Kier molecular flexibility index (Phi) is 3.98. The number of nitrogens with one attached hydrogen (secondary N) is 1. The smallest absolute Gasteiger partial charge is 0.250 e. The fraction of sp³-hybridized carbons (Fsp3) is 0.0667. The number of rotatable bonds is 4. The Morgan fingerprint density at radius 2 is 2.24 bits per heavy atom. The van der Waals surface area contributed by atoms with E-state index in [9.17, 15) is 4.79 Å². The Hall–Kier alpha value is -2.18. The number of carbonyl (C=O) groups is 1. The Bertz CT molecular complexity index is 769. The molecule has 3 aromatic rings. The summed E-state index contributed by atoms with van der Waals surface area (Å²) in [6, 6.07) is 7.65. The van der Waals surface area contributed by atoms with Crippen LogP contribution in [0.4, 0.5) is 5.13 Å². The van der Waals surface area contributed by atoms with E-state index >= 15 is 0 Å². The monoisotopic (exact) mass is 316 g/mol. The van der Waals surface area contributed by atoms with Crippen molar-refractivity contribution in [3.8, 4) is 11.5 Å². The van der Waals surface area contributed by atoms with Gasteiger partial charge in [-0.2, -0.15) is 0 Å². The molecule has 1 N–H and O–H groups in total. The molecule has 3 heterocycles. The van der Waals surface area contributed by atoms with Gasteiger partial charge in [-0.05, 0) is 36.6 Å². The normalized spacial score (nSPS) is 11.1. The summed E-state index contributed by atoms with van der Waals surface area (Å²) in [6.45, 7) is 1.88. The summed E-state index contributed by atoms with van der Waals surface area (Å²) in [5, 5.41) is 7.13. The van der Waals surface area contributed by atoms with E-state index in [4.69, 9.17) is 4.42 Å². The van der Waals surface area contributed by atoms with Gasteiger partial charge < -0.3 is 4.42 Å². The molecule has 21 heavy (non-hydrogen) atoms. The third kappa shape index (κ3) is 3.48. The predicted molar refractivity (Wildman–Crippen MR) is 86.5 cm³/mol. The van der Waals surface area contributed by atoms with Crippen molar-refractivity contribution in [1.82, 2.24) is 4.98 Å². The second-order valence-corrected chi connectivity index (χ2v) is 6.12. The molecule has 0 fully saturated rings. The van der Waals surface area contributed by atoms with Crippen molar-refractivity contribution < 1.29 is 9.21 Å². The van der Waals surface area contributed by atoms with Crippen molar-refractivity contribution in [3.63, 3.8) is 0 Å². The van der Waals surface area contributed by atoms with Crippen LogP contribution in [0.15, 0.2) is 45.5 Å². The van der Waals surface area contributed by atoms with E-state index in [1.54, 1.807) is 17.4 Å². The number of hydrogen-bond donors (Lipinski definition) is 1.